The van der Waals surface area contributed by atoms with Crippen LogP contribution in [-0.4, -0.2) is 23.0 Å². The van der Waals surface area contributed by atoms with Crippen LogP contribution in [0.3, 0.4) is 0 Å². The van der Waals surface area contributed by atoms with Crippen molar-refractivity contribution in [3.8, 4) is 0 Å². The van der Waals surface area contributed by atoms with Crippen LogP contribution in [0.25, 0.3) is 0 Å². The van der Waals surface area contributed by atoms with Crippen molar-refractivity contribution >= 4 is 16.7 Å². The van der Waals surface area contributed by atoms with E-state index in [2.05, 4.69) is 13.8 Å². The minimum Gasteiger partial charge on any atom is -0.289 e. The van der Waals surface area contributed by atoms with Gasteiger partial charge in [-0.3, -0.25) is 4.79 Å². The predicted molar refractivity (Wildman–Crippen MR) is 212 cm³/mol. The lowest BCUT2D eigenvalue weighted by Crippen LogP contribution is -2.23. The van der Waals surface area contributed by atoms with E-state index in [9.17, 15) is 4.79 Å². The van der Waals surface area contributed by atoms with Gasteiger partial charge in [-0.2, -0.15) is 0 Å². The number of rotatable bonds is 37. The Labute approximate surface area is 293 Å². The Morgan fingerprint density at radius 2 is 0.652 bits per heavy atom. The molecule has 0 aliphatic rings. The molecule has 0 saturated carbocycles. The fourth-order valence-corrected chi connectivity index (χ4v) is 9.10. The Kier molecular flexibility index (Phi) is 33.4. The van der Waals surface area contributed by atoms with Crippen molar-refractivity contribution in [2.24, 2.45) is 0 Å². The number of hydrogen-bond acceptors (Lipinski definition) is 1. The zero-order valence-electron chi connectivity index (χ0n) is 31.5. The smallest absolute Gasteiger partial charge is 0.211 e. The van der Waals surface area contributed by atoms with Crippen molar-refractivity contribution in [2.45, 2.75) is 219 Å². The molecule has 46 heavy (non-hydrogen) atoms. The Balaban J connectivity index is 2.07. The molecular formula is C44H81OS+. The van der Waals surface area contributed by atoms with Crippen LogP contribution in [0.2, 0.25) is 0 Å². The van der Waals surface area contributed by atoms with Gasteiger partial charge in [-0.25, -0.2) is 0 Å². The van der Waals surface area contributed by atoms with E-state index in [4.69, 9.17) is 0 Å². The summed E-state index contributed by atoms with van der Waals surface area (Å²) in [5.41, 5.74) is 0.916. The van der Waals surface area contributed by atoms with Crippen LogP contribution in [0, 0.1) is 0 Å². The van der Waals surface area contributed by atoms with Crippen molar-refractivity contribution in [3.05, 3.63) is 35.9 Å². The van der Waals surface area contributed by atoms with Gasteiger partial charge in [0.05, 0.1) is 0 Å². The molecule has 0 saturated heterocycles. The molecule has 1 aromatic carbocycles. The molecule has 0 spiro atoms. The number of ketones is 1. The highest BCUT2D eigenvalue weighted by Crippen LogP contribution is 2.17. The van der Waals surface area contributed by atoms with Crippen molar-refractivity contribution < 1.29 is 4.79 Å². The Bertz CT molecular complexity index is 695. The molecule has 0 heterocycles. The lowest BCUT2D eigenvalue weighted by molar-refractivity contribution is 0.102. The van der Waals surface area contributed by atoms with Gasteiger partial charge in [0, 0.05) is 5.56 Å². The third-order valence-electron chi connectivity index (χ3n) is 10.0. The monoisotopic (exact) mass is 658 g/mol. The van der Waals surface area contributed by atoms with Crippen LogP contribution >= 0.6 is 0 Å². The number of carbonyl (C=O) groups excluding carboxylic acids is 1. The van der Waals surface area contributed by atoms with Crippen LogP contribution in [0.4, 0.5) is 0 Å². The lowest BCUT2D eigenvalue weighted by Gasteiger charge is -2.09. The quantitative estimate of drug-likeness (QED) is 0.0395. The second kappa shape index (κ2) is 35.5. The van der Waals surface area contributed by atoms with Crippen LogP contribution < -0.4 is 0 Å². The average Bonchev–Trinajstić information content (AvgIpc) is 3.08. The summed E-state index contributed by atoms with van der Waals surface area (Å²) < 4.78 is 0. The van der Waals surface area contributed by atoms with E-state index in [1.165, 1.54) is 217 Å². The van der Waals surface area contributed by atoms with E-state index in [0.29, 0.717) is 5.78 Å². The zero-order valence-corrected chi connectivity index (χ0v) is 32.3. The van der Waals surface area contributed by atoms with E-state index >= 15 is 0 Å². The van der Waals surface area contributed by atoms with Gasteiger partial charge in [-0.1, -0.05) is 224 Å². The maximum atomic E-state index is 13.0. The first-order valence-electron chi connectivity index (χ1n) is 21.0. The van der Waals surface area contributed by atoms with Crippen LogP contribution in [0.5, 0.6) is 0 Å². The van der Waals surface area contributed by atoms with Gasteiger partial charge < -0.3 is 0 Å². The van der Waals surface area contributed by atoms with Crippen molar-refractivity contribution in [1.29, 1.82) is 0 Å². The molecular weight excluding hydrogens is 577 g/mol. The summed E-state index contributed by atoms with van der Waals surface area (Å²) in [7, 11) is 0.261. The number of benzene rings is 1. The molecule has 1 aromatic rings. The minimum absolute atomic E-state index is 0.261. The normalized spacial score (nSPS) is 11.5. The van der Waals surface area contributed by atoms with Crippen molar-refractivity contribution in [2.75, 3.05) is 17.3 Å². The number of Topliss-reactive ketones (excluding diaryl/α,β-unsaturated/α-hetero) is 1. The van der Waals surface area contributed by atoms with Crippen LogP contribution in [0.1, 0.15) is 230 Å². The molecule has 0 N–H and O–H groups in total. The molecule has 0 aromatic heterocycles. The fourth-order valence-electron chi connectivity index (χ4n) is 6.85. The van der Waals surface area contributed by atoms with E-state index in [1.54, 1.807) is 0 Å². The van der Waals surface area contributed by atoms with E-state index in [-0.39, 0.29) is 10.9 Å². The Hall–Kier alpha value is -0.760. The molecule has 0 radical (unpaired) electrons. The predicted octanol–water partition coefficient (Wildman–Crippen LogP) is 15.0. The first-order chi connectivity index (χ1) is 22.8. The number of carbonyl (C=O) groups is 1. The summed E-state index contributed by atoms with van der Waals surface area (Å²) in [6, 6.07) is 10.1. The topological polar surface area (TPSA) is 17.1 Å². The number of hydrogen-bond donors (Lipinski definition) is 0. The summed E-state index contributed by atoms with van der Waals surface area (Å²) in [4.78, 5) is 13.0. The zero-order chi connectivity index (χ0) is 33.0. The molecule has 0 amide bonds. The second-order valence-corrected chi connectivity index (χ2v) is 16.9. The highest BCUT2D eigenvalue weighted by molar-refractivity contribution is 7.97. The molecule has 1 nitrogen and oxygen atoms in total. The molecule has 0 aliphatic carbocycles. The largest absolute Gasteiger partial charge is 0.289 e. The highest BCUT2D eigenvalue weighted by Gasteiger charge is 2.22. The third kappa shape index (κ3) is 29.4. The van der Waals surface area contributed by atoms with Gasteiger partial charge in [-0.05, 0) is 36.6 Å². The summed E-state index contributed by atoms with van der Waals surface area (Å²) in [6.07, 6.45) is 45.5. The molecule has 0 atom stereocenters. The van der Waals surface area contributed by atoms with Gasteiger partial charge in [0.2, 0.25) is 5.78 Å². The minimum atomic E-state index is 0.261. The highest BCUT2D eigenvalue weighted by atomic mass is 32.2. The van der Waals surface area contributed by atoms with E-state index < -0.39 is 0 Å². The van der Waals surface area contributed by atoms with Gasteiger partial charge >= 0.3 is 0 Å². The first kappa shape index (κ1) is 43.3. The van der Waals surface area contributed by atoms with Gasteiger partial charge in [0.25, 0.3) is 0 Å². The lowest BCUT2D eigenvalue weighted by atomic mass is 10.0. The van der Waals surface area contributed by atoms with Gasteiger partial charge in [0.15, 0.2) is 5.75 Å². The maximum absolute atomic E-state index is 13.0. The van der Waals surface area contributed by atoms with Crippen LogP contribution in [-0.2, 0) is 10.9 Å². The van der Waals surface area contributed by atoms with Crippen molar-refractivity contribution in [1.82, 2.24) is 0 Å². The van der Waals surface area contributed by atoms with E-state index in [0.717, 1.165) is 11.3 Å². The third-order valence-corrected chi connectivity index (χ3v) is 12.4. The summed E-state index contributed by atoms with van der Waals surface area (Å²) in [5.74, 6) is 3.70. The fraction of sp³-hybridized carbons (Fsp3) is 0.841. The Morgan fingerprint density at radius 3 is 0.935 bits per heavy atom. The van der Waals surface area contributed by atoms with Crippen molar-refractivity contribution in [3.63, 3.8) is 0 Å². The summed E-state index contributed by atoms with van der Waals surface area (Å²) >= 11 is 0. The molecule has 0 fully saturated rings. The second-order valence-electron chi connectivity index (χ2n) is 14.6. The maximum Gasteiger partial charge on any atom is 0.211 e. The molecule has 2 heteroatoms. The molecule has 268 valence electrons. The first-order valence-corrected chi connectivity index (χ1v) is 22.7. The molecule has 0 aliphatic heterocycles. The average molecular weight is 658 g/mol. The van der Waals surface area contributed by atoms with Crippen LogP contribution in [0.15, 0.2) is 30.3 Å². The molecule has 1 rings (SSSR count). The van der Waals surface area contributed by atoms with Gasteiger partial charge in [0.1, 0.15) is 11.5 Å². The summed E-state index contributed by atoms with van der Waals surface area (Å²) in [5, 5.41) is 0. The standard InChI is InChI=1S/C44H81OS/c1-3-5-7-9-11-13-15-17-19-21-23-25-27-29-31-36-40-46(42-44(45)43-38-34-33-35-39-43)41-37-32-30-28-26-24-22-20-18-16-14-12-10-8-6-4-2/h33-35,38-39H,3-32,36-37,40-42H2,1-2H3/q+1. The molecule has 0 bridgehead atoms. The van der Waals surface area contributed by atoms with Gasteiger partial charge in [-0.15, -0.1) is 0 Å². The number of unbranched alkanes of at least 4 members (excludes halogenated alkanes) is 30. The SMILES string of the molecule is CCCCCCCCCCCCCCCCCC[S+](CCCCCCCCCCCCCCCCCC)CC(=O)c1ccccc1. The summed E-state index contributed by atoms with van der Waals surface area (Å²) in [6.45, 7) is 4.60. The Morgan fingerprint density at radius 1 is 0.391 bits per heavy atom. The molecule has 0 unspecified atom stereocenters. The van der Waals surface area contributed by atoms with E-state index in [1.807, 2.05) is 30.3 Å².